The molecule has 0 radical (unpaired) electrons. The smallest absolute Gasteiger partial charge is 0.128 e. The van der Waals surface area contributed by atoms with Gasteiger partial charge in [-0.05, 0) is 36.9 Å². The maximum atomic E-state index is 6.19. The Hall–Kier alpha value is -0.800. The molecule has 0 aliphatic carbocycles. The summed E-state index contributed by atoms with van der Waals surface area (Å²) in [5, 5.41) is 4.12. The zero-order valence-corrected chi connectivity index (χ0v) is 13.3. The zero-order chi connectivity index (χ0) is 14.3. The van der Waals surface area contributed by atoms with Crippen LogP contribution >= 0.6 is 11.6 Å². The van der Waals surface area contributed by atoms with Crippen LogP contribution in [-0.2, 0) is 6.54 Å². The molecule has 1 aromatic rings. The molecule has 0 atom stereocenters. The van der Waals surface area contributed by atoms with E-state index in [0.29, 0.717) is 5.92 Å². The predicted molar refractivity (Wildman–Crippen MR) is 84.0 cm³/mol. The van der Waals surface area contributed by atoms with Gasteiger partial charge in [0.1, 0.15) is 5.82 Å². The largest absolute Gasteiger partial charge is 0.360 e. The van der Waals surface area contributed by atoms with Crippen LogP contribution in [0.15, 0.2) is 12.3 Å². The van der Waals surface area contributed by atoms with Crippen molar-refractivity contribution in [2.45, 2.75) is 40.2 Å². The van der Waals surface area contributed by atoms with Gasteiger partial charge in [-0.3, -0.25) is 0 Å². The van der Waals surface area contributed by atoms with Crippen molar-refractivity contribution in [3.63, 3.8) is 0 Å². The third kappa shape index (κ3) is 5.79. The summed E-state index contributed by atoms with van der Waals surface area (Å²) in [7, 11) is 2.09. The fourth-order valence-corrected chi connectivity index (χ4v) is 1.95. The molecule has 1 N–H and O–H groups in total. The van der Waals surface area contributed by atoms with E-state index in [4.69, 9.17) is 11.6 Å². The van der Waals surface area contributed by atoms with Gasteiger partial charge in [-0.1, -0.05) is 32.4 Å². The summed E-state index contributed by atoms with van der Waals surface area (Å²) < 4.78 is 0. The Kier molecular flexibility index (Phi) is 7.17. The molecule has 4 heteroatoms. The Morgan fingerprint density at radius 3 is 2.79 bits per heavy atom. The molecule has 0 saturated heterocycles. The fourth-order valence-electron chi connectivity index (χ4n) is 1.78. The lowest BCUT2D eigenvalue weighted by molar-refractivity contribution is 0.583. The lowest BCUT2D eigenvalue weighted by atomic mass is 10.1. The van der Waals surface area contributed by atoms with Gasteiger partial charge in [-0.15, -0.1) is 0 Å². The molecule has 3 nitrogen and oxygen atoms in total. The molecule has 0 spiro atoms. The molecule has 0 fully saturated rings. The van der Waals surface area contributed by atoms with E-state index in [0.717, 1.165) is 42.5 Å². The number of nitrogens with zero attached hydrogens (tertiary/aromatic N) is 2. The Labute approximate surface area is 122 Å². The first kappa shape index (κ1) is 16.3. The molecule has 0 aromatic carbocycles. The second-order valence-electron chi connectivity index (χ2n) is 5.41. The first-order valence-corrected chi connectivity index (χ1v) is 7.48. The van der Waals surface area contributed by atoms with Crippen LogP contribution < -0.4 is 10.2 Å². The molecule has 0 aliphatic rings. The third-order valence-electron chi connectivity index (χ3n) is 3.10. The molecule has 0 bridgehead atoms. The Morgan fingerprint density at radius 1 is 1.42 bits per heavy atom. The van der Waals surface area contributed by atoms with E-state index in [2.05, 4.69) is 49.1 Å². The van der Waals surface area contributed by atoms with Crippen LogP contribution in [0.3, 0.4) is 0 Å². The number of aromatic nitrogens is 1. The van der Waals surface area contributed by atoms with Gasteiger partial charge < -0.3 is 10.2 Å². The number of rotatable bonds is 8. The van der Waals surface area contributed by atoms with E-state index in [1.807, 2.05) is 0 Å². The molecular formula is C15H26ClN3. The summed E-state index contributed by atoms with van der Waals surface area (Å²) in [5.41, 5.74) is 1.12. The van der Waals surface area contributed by atoms with Crippen molar-refractivity contribution >= 4 is 17.4 Å². The molecule has 108 valence electrons. The molecular weight excluding hydrogens is 258 g/mol. The van der Waals surface area contributed by atoms with Gasteiger partial charge >= 0.3 is 0 Å². The molecule has 1 heterocycles. The summed E-state index contributed by atoms with van der Waals surface area (Å²) in [6.45, 7) is 9.48. The van der Waals surface area contributed by atoms with Crippen molar-refractivity contribution in [3.8, 4) is 0 Å². The van der Waals surface area contributed by atoms with Crippen LogP contribution in [-0.4, -0.2) is 25.1 Å². The number of nitrogens with one attached hydrogen (secondary N) is 1. The Morgan fingerprint density at radius 2 is 2.16 bits per heavy atom. The van der Waals surface area contributed by atoms with Gasteiger partial charge in [0.25, 0.3) is 0 Å². The van der Waals surface area contributed by atoms with Crippen molar-refractivity contribution in [1.29, 1.82) is 0 Å². The molecule has 0 saturated carbocycles. The minimum atomic E-state index is 0.709. The SMILES string of the molecule is CCCNCc1cc(N(C)CCC(C)C)ncc1Cl. The van der Waals surface area contributed by atoms with Gasteiger partial charge in [0.15, 0.2) is 0 Å². The van der Waals surface area contributed by atoms with Gasteiger partial charge in [-0.25, -0.2) is 4.98 Å². The summed E-state index contributed by atoms with van der Waals surface area (Å²) in [6.07, 6.45) is 4.06. The Bertz CT molecular complexity index is 380. The first-order chi connectivity index (χ1) is 9.04. The summed E-state index contributed by atoms with van der Waals surface area (Å²) >= 11 is 6.19. The second-order valence-corrected chi connectivity index (χ2v) is 5.82. The Balaban J connectivity index is 2.66. The van der Waals surface area contributed by atoms with Crippen LogP contribution in [0.5, 0.6) is 0 Å². The van der Waals surface area contributed by atoms with Crippen LogP contribution in [0.2, 0.25) is 5.02 Å². The topological polar surface area (TPSA) is 28.2 Å². The predicted octanol–water partition coefficient (Wildman–Crippen LogP) is 3.72. The van der Waals surface area contributed by atoms with Crippen LogP contribution in [0.25, 0.3) is 0 Å². The molecule has 0 amide bonds. The summed E-state index contributed by atoms with van der Waals surface area (Å²) in [5.74, 6) is 1.71. The van der Waals surface area contributed by atoms with E-state index in [1.165, 1.54) is 6.42 Å². The van der Waals surface area contributed by atoms with E-state index < -0.39 is 0 Å². The van der Waals surface area contributed by atoms with Crippen molar-refractivity contribution < 1.29 is 0 Å². The van der Waals surface area contributed by atoms with E-state index in [-0.39, 0.29) is 0 Å². The van der Waals surface area contributed by atoms with Gasteiger partial charge in [0.05, 0.1) is 5.02 Å². The maximum absolute atomic E-state index is 6.19. The van der Waals surface area contributed by atoms with Gasteiger partial charge in [0, 0.05) is 26.3 Å². The first-order valence-electron chi connectivity index (χ1n) is 7.10. The second kappa shape index (κ2) is 8.39. The molecule has 19 heavy (non-hydrogen) atoms. The summed E-state index contributed by atoms with van der Waals surface area (Å²) in [4.78, 5) is 6.61. The fraction of sp³-hybridized carbons (Fsp3) is 0.667. The zero-order valence-electron chi connectivity index (χ0n) is 12.5. The average molecular weight is 284 g/mol. The highest BCUT2D eigenvalue weighted by molar-refractivity contribution is 6.31. The minimum Gasteiger partial charge on any atom is -0.360 e. The van der Waals surface area contributed by atoms with Crippen LogP contribution in [0, 0.1) is 5.92 Å². The van der Waals surface area contributed by atoms with E-state index >= 15 is 0 Å². The lowest BCUT2D eigenvalue weighted by Crippen LogP contribution is -2.21. The van der Waals surface area contributed by atoms with Gasteiger partial charge in [-0.2, -0.15) is 0 Å². The van der Waals surface area contributed by atoms with Crippen molar-refractivity contribution in [2.75, 3.05) is 25.0 Å². The molecule has 0 aliphatic heterocycles. The summed E-state index contributed by atoms with van der Waals surface area (Å²) in [6, 6.07) is 2.09. The molecule has 0 unspecified atom stereocenters. The van der Waals surface area contributed by atoms with Crippen molar-refractivity contribution in [2.24, 2.45) is 5.92 Å². The average Bonchev–Trinajstić information content (AvgIpc) is 2.38. The molecule has 1 rings (SSSR count). The quantitative estimate of drug-likeness (QED) is 0.737. The van der Waals surface area contributed by atoms with Crippen molar-refractivity contribution in [3.05, 3.63) is 22.8 Å². The van der Waals surface area contributed by atoms with Crippen LogP contribution in [0.1, 0.15) is 39.2 Å². The monoisotopic (exact) mass is 283 g/mol. The normalized spacial score (nSPS) is 11.1. The lowest BCUT2D eigenvalue weighted by Gasteiger charge is -2.20. The highest BCUT2D eigenvalue weighted by atomic mass is 35.5. The standard InChI is InChI=1S/C15H26ClN3/c1-5-7-17-10-13-9-15(18-11-14(13)16)19(4)8-6-12(2)3/h9,11-12,17H,5-8,10H2,1-4H3. The molecule has 1 aromatic heterocycles. The minimum absolute atomic E-state index is 0.709. The van der Waals surface area contributed by atoms with E-state index in [1.54, 1.807) is 6.20 Å². The van der Waals surface area contributed by atoms with Crippen LogP contribution in [0.4, 0.5) is 5.82 Å². The van der Waals surface area contributed by atoms with Gasteiger partial charge in [0.2, 0.25) is 0 Å². The van der Waals surface area contributed by atoms with E-state index in [9.17, 15) is 0 Å². The third-order valence-corrected chi connectivity index (χ3v) is 3.44. The highest BCUT2D eigenvalue weighted by Crippen LogP contribution is 2.20. The highest BCUT2D eigenvalue weighted by Gasteiger charge is 2.07. The number of hydrogen-bond acceptors (Lipinski definition) is 3. The number of halogens is 1. The number of pyridine rings is 1. The maximum Gasteiger partial charge on any atom is 0.128 e. The number of hydrogen-bond donors (Lipinski definition) is 1. The number of anilines is 1. The van der Waals surface area contributed by atoms with Crippen molar-refractivity contribution in [1.82, 2.24) is 10.3 Å².